The summed E-state index contributed by atoms with van der Waals surface area (Å²) in [5.41, 5.74) is 3.38. The third-order valence-electron chi connectivity index (χ3n) is 7.98. The fourth-order valence-electron chi connectivity index (χ4n) is 5.86. The number of benzene rings is 2. The average Bonchev–Trinajstić information content (AvgIpc) is 3.63. The number of nitrogens with one attached hydrogen (secondary N) is 1. The topological polar surface area (TPSA) is 45.4 Å². The van der Waals surface area contributed by atoms with Crippen molar-refractivity contribution in [2.24, 2.45) is 0 Å². The number of fused-ring (bicyclic) bond motifs is 1. The number of halogens is 3. The zero-order valence-corrected chi connectivity index (χ0v) is 22.1. The molecule has 9 heteroatoms. The van der Waals surface area contributed by atoms with Gasteiger partial charge in [-0.05, 0) is 66.4 Å². The molecule has 0 saturated carbocycles. The number of aromatic nitrogens is 2. The van der Waals surface area contributed by atoms with Crippen molar-refractivity contribution >= 4 is 6.03 Å². The van der Waals surface area contributed by atoms with E-state index in [4.69, 9.17) is 0 Å². The molecule has 0 aliphatic carbocycles. The predicted octanol–water partition coefficient (Wildman–Crippen LogP) is 6.08. The molecule has 2 amide bonds. The SMILES string of the molecule is O=C(NC1CCN(Cc2ccn(-c3ccc(C(F)(F)F)cc3)c2)CC1)N1CCn2cccc2C1c1ccccc1. The van der Waals surface area contributed by atoms with Crippen LogP contribution >= 0.6 is 0 Å². The minimum atomic E-state index is -4.34. The van der Waals surface area contributed by atoms with Crippen LogP contribution in [-0.2, 0) is 19.3 Å². The minimum absolute atomic E-state index is 0.0200. The van der Waals surface area contributed by atoms with Gasteiger partial charge in [-0.3, -0.25) is 4.90 Å². The van der Waals surface area contributed by atoms with Gasteiger partial charge in [-0.1, -0.05) is 30.3 Å². The normalized spacial score (nSPS) is 18.5. The maximum atomic E-state index is 13.5. The molecular formula is C31H32F3N5O. The first-order valence-corrected chi connectivity index (χ1v) is 13.7. The number of nitrogens with zero attached hydrogens (tertiary/aromatic N) is 4. The van der Waals surface area contributed by atoms with Crippen LogP contribution in [0.25, 0.3) is 5.69 Å². The highest BCUT2D eigenvalue weighted by molar-refractivity contribution is 5.76. The number of carbonyl (C=O) groups excluding carboxylic acids is 1. The summed E-state index contributed by atoms with van der Waals surface area (Å²) in [6, 6.07) is 21.5. The lowest BCUT2D eigenvalue weighted by Gasteiger charge is -2.39. The molecule has 0 bridgehead atoms. The molecule has 0 radical (unpaired) electrons. The van der Waals surface area contributed by atoms with Gasteiger partial charge in [0.25, 0.3) is 0 Å². The number of hydrogen-bond donors (Lipinski definition) is 1. The van der Waals surface area contributed by atoms with Gasteiger partial charge in [0.2, 0.25) is 0 Å². The largest absolute Gasteiger partial charge is 0.416 e. The second-order valence-electron chi connectivity index (χ2n) is 10.6. The van der Waals surface area contributed by atoms with Crippen molar-refractivity contribution in [2.45, 2.75) is 44.2 Å². The lowest BCUT2D eigenvalue weighted by Crippen LogP contribution is -2.52. The smallest absolute Gasteiger partial charge is 0.348 e. The molecule has 2 aliphatic heterocycles. The van der Waals surface area contributed by atoms with E-state index in [1.165, 1.54) is 12.1 Å². The third kappa shape index (κ3) is 5.51. The zero-order valence-electron chi connectivity index (χ0n) is 22.1. The first-order valence-electron chi connectivity index (χ1n) is 13.7. The molecule has 4 heterocycles. The van der Waals surface area contributed by atoms with Gasteiger partial charge in [0, 0.05) is 68.7 Å². The highest BCUT2D eigenvalue weighted by Crippen LogP contribution is 2.33. The Labute approximate surface area is 231 Å². The number of alkyl halides is 3. The Morgan fingerprint density at radius 2 is 1.60 bits per heavy atom. The van der Waals surface area contributed by atoms with Crippen LogP contribution in [0.3, 0.4) is 0 Å². The van der Waals surface area contributed by atoms with Crippen LogP contribution in [0.5, 0.6) is 0 Å². The van der Waals surface area contributed by atoms with Crippen molar-refractivity contribution in [2.75, 3.05) is 19.6 Å². The summed E-state index contributed by atoms with van der Waals surface area (Å²) in [6.45, 7) is 3.92. The van der Waals surface area contributed by atoms with Crippen LogP contribution < -0.4 is 5.32 Å². The van der Waals surface area contributed by atoms with Gasteiger partial charge in [-0.25, -0.2) is 4.79 Å². The second kappa shape index (κ2) is 10.9. The molecular weight excluding hydrogens is 515 g/mol. The molecule has 1 saturated heterocycles. The molecule has 4 aromatic rings. The van der Waals surface area contributed by atoms with Gasteiger partial charge in [-0.2, -0.15) is 13.2 Å². The molecule has 1 N–H and O–H groups in total. The van der Waals surface area contributed by atoms with Crippen LogP contribution in [0.15, 0.2) is 91.4 Å². The van der Waals surface area contributed by atoms with Crippen LogP contribution in [0.2, 0.25) is 0 Å². The predicted molar refractivity (Wildman–Crippen MR) is 147 cm³/mol. The number of rotatable bonds is 5. The van der Waals surface area contributed by atoms with Crippen molar-refractivity contribution in [3.8, 4) is 5.69 Å². The standard InChI is InChI=1S/C31H32F3N5O/c32-31(33,34)25-8-10-27(11-9-25)38-18-12-23(22-38)21-36-16-13-26(14-17-36)35-30(40)39-20-19-37-15-4-7-28(37)29(39)24-5-2-1-3-6-24/h1-12,15,18,22,26,29H,13-14,16-17,19-21H2,(H,35,40). The second-order valence-corrected chi connectivity index (χ2v) is 10.6. The number of likely N-dealkylation sites (tertiary alicyclic amines) is 1. The molecule has 2 aliphatic rings. The van der Waals surface area contributed by atoms with Gasteiger partial charge in [0.1, 0.15) is 0 Å². The minimum Gasteiger partial charge on any atom is -0.348 e. The Morgan fingerprint density at radius 1 is 0.850 bits per heavy atom. The van der Waals surface area contributed by atoms with Gasteiger partial charge in [0.15, 0.2) is 0 Å². The number of urea groups is 1. The first-order chi connectivity index (χ1) is 19.3. The monoisotopic (exact) mass is 547 g/mol. The summed E-state index contributed by atoms with van der Waals surface area (Å²) in [6.07, 6.45) is 3.32. The molecule has 40 heavy (non-hydrogen) atoms. The van der Waals surface area contributed by atoms with Crippen LogP contribution in [0, 0.1) is 0 Å². The lowest BCUT2D eigenvalue weighted by atomic mass is 10.00. The van der Waals surface area contributed by atoms with E-state index in [-0.39, 0.29) is 18.1 Å². The summed E-state index contributed by atoms with van der Waals surface area (Å²) in [4.78, 5) is 17.8. The highest BCUT2D eigenvalue weighted by Gasteiger charge is 2.33. The van der Waals surface area contributed by atoms with Crippen molar-refractivity contribution in [1.29, 1.82) is 0 Å². The van der Waals surface area contributed by atoms with Crippen LogP contribution in [0.1, 0.15) is 41.3 Å². The molecule has 208 valence electrons. The van der Waals surface area contributed by atoms with E-state index in [1.807, 2.05) is 52.2 Å². The summed E-state index contributed by atoms with van der Waals surface area (Å²) in [7, 11) is 0. The van der Waals surface area contributed by atoms with Gasteiger partial charge in [0.05, 0.1) is 11.6 Å². The summed E-state index contributed by atoms with van der Waals surface area (Å²) in [5.74, 6) is 0. The van der Waals surface area contributed by atoms with E-state index < -0.39 is 11.7 Å². The number of amides is 2. The molecule has 0 spiro atoms. The fraction of sp³-hybridized carbons (Fsp3) is 0.323. The van der Waals surface area contributed by atoms with E-state index in [9.17, 15) is 18.0 Å². The van der Waals surface area contributed by atoms with E-state index in [2.05, 4.69) is 39.2 Å². The molecule has 2 aromatic heterocycles. The molecule has 6 nitrogen and oxygen atoms in total. The van der Waals surface area contributed by atoms with Crippen molar-refractivity contribution in [1.82, 2.24) is 24.3 Å². The van der Waals surface area contributed by atoms with Gasteiger partial charge in [-0.15, -0.1) is 0 Å². The Bertz CT molecular complexity index is 1440. The third-order valence-corrected chi connectivity index (χ3v) is 7.98. The molecule has 1 unspecified atom stereocenters. The van der Waals surface area contributed by atoms with E-state index in [0.29, 0.717) is 12.2 Å². The van der Waals surface area contributed by atoms with Gasteiger partial charge >= 0.3 is 12.2 Å². The van der Waals surface area contributed by atoms with E-state index in [0.717, 1.165) is 68.0 Å². The Kier molecular flexibility index (Phi) is 7.14. The summed E-state index contributed by atoms with van der Waals surface area (Å²) >= 11 is 0. The van der Waals surface area contributed by atoms with Crippen molar-refractivity contribution in [3.05, 3.63) is 114 Å². The van der Waals surface area contributed by atoms with Crippen LogP contribution in [-0.4, -0.2) is 50.6 Å². The maximum Gasteiger partial charge on any atom is 0.416 e. The quantitative estimate of drug-likeness (QED) is 0.329. The molecule has 6 rings (SSSR count). The molecule has 1 atom stereocenters. The number of hydrogen-bond acceptors (Lipinski definition) is 2. The summed E-state index contributed by atoms with van der Waals surface area (Å²) < 4.78 is 42.7. The average molecular weight is 548 g/mol. The van der Waals surface area contributed by atoms with E-state index in [1.54, 1.807) is 0 Å². The Morgan fingerprint density at radius 3 is 2.33 bits per heavy atom. The summed E-state index contributed by atoms with van der Waals surface area (Å²) in [5, 5.41) is 3.30. The Balaban J connectivity index is 1.04. The Hall–Kier alpha value is -3.98. The fourth-order valence-corrected chi connectivity index (χ4v) is 5.86. The number of carbonyl (C=O) groups is 1. The molecule has 1 fully saturated rings. The van der Waals surface area contributed by atoms with Crippen LogP contribution in [0.4, 0.5) is 18.0 Å². The molecule has 2 aromatic carbocycles. The lowest BCUT2D eigenvalue weighted by molar-refractivity contribution is -0.137. The highest BCUT2D eigenvalue weighted by atomic mass is 19.4. The maximum absolute atomic E-state index is 13.5. The number of piperidine rings is 1. The van der Waals surface area contributed by atoms with Crippen molar-refractivity contribution < 1.29 is 18.0 Å². The van der Waals surface area contributed by atoms with Crippen molar-refractivity contribution in [3.63, 3.8) is 0 Å². The first kappa shape index (κ1) is 26.3. The zero-order chi connectivity index (χ0) is 27.7. The van der Waals surface area contributed by atoms with Gasteiger partial charge < -0.3 is 19.4 Å². The van der Waals surface area contributed by atoms with E-state index >= 15 is 0 Å².